The zero-order chi connectivity index (χ0) is 15.0. The predicted octanol–water partition coefficient (Wildman–Crippen LogP) is 3.41. The summed E-state index contributed by atoms with van der Waals surface area (Å²) in [5.74, 6) is 0.186. The van der Waals surface area contributed by atoms with E-state index in [1.807, 2.05) is 0 Å². The first-order valence-corrected chi connectivity index (χ1v) is 7.80. The van der Waals surface area contributed by atoms with E-state index in [1.54, 1.807) is 0 Å². The molecule has 1 unspecified atom stereocenters. The van der Waals surface area contributed by atoms with Crippen molar-refractivity contribution in [3.63, 3.8) is 0 Å². The zero-order valence-electron chi connectivity index (χ0n) is 12.5. The summed E-state index contributed by atoms with van der Waals surface area (Å²) in [4.78, 5) is 2.39. The van der Waals surface area contributed by atoms with Gasteiger partial charge >= 0.3 is 6.18 Å². The van der Waals surface area contributed by atoms with Crippen molar-refractivity contribution in [1.82, 2.24) is 4.90 Å². The first-order chi connectivity index (χ1) is 9.28. The average molecular weight is 292 g/mol. The fraction of sp³-hybridized carbons (Fsp3) is 1.00. The lowest BCUT2D eigenvalue weighted by atomic mass is 9.75. The molecule has 0 spiro atoms. The third-order valence-corrected chi connectivity index (χ3v) is 5.60. The predicted molar refractivity (Wildman–Crippen MR) is 74.3 cm³/mol. The maximum Gasteiger partial charge on any atom is 0.391 e. The molecule has 0 aromatic carbocycles. The maximum absolute atomic E-state index is 12.8. The molecule has 20 heavy (non-hydrogen) atoms. The van der Waals surface area contributed by atoms with Crippen LogP contribution in [0.2, 0.25) is 0 Å². The number of halogens is 3. The monoisotopic (exact) mass is 292 g/mol. The van der Waals surface area contributed by atoms with Crippen molar-refractivity contribution in [3.05, 3.63) is 0 Å². The van der Waals surface area contributed by atoms with Crippen LogP contribution in [-0.4, -0.2) is 36.2 Å². The third-order valence-electron chi connectivity index (χ3n) is 5.60. The smallest absolute Gasteiger partial charge is 0.329 e. The van der Waals surface area contributed by atoms with E-state index >= 15 is 0 Å². The van der Waals surface area contributed by atoms with E-state index in [0.717, 1.165) is 19.5 Å². The van der Waals surface area contributed by atoms with Gasteiger partial charge in [-0.1, -0.05) is 13.8 Å². The van der Waals surface area contributed by atoms with Gasteiger partial charge in [-0.25, -0.2) is 0 Å². The molecule has 5 heteroatoms. The fourth-order valence-corrected chi connectivity index (χ4v) is 3.89. The molecule has 1 saturated heterocycles. The number of hydrogen-bond acceptors (Lipinski definition) is 2. The molecule has 1 heterocycles. The number of nitrogens with zero attached hydrogens (tertiary/aromatic N) is 1. The second-order valence-corrected chi connectivity index (χ2v) is 6.98. The van der Waals surface area contributed by atoms with Crippen molar-refractivity contribution >= 4 is 0 Å². The van der Waals surface area contributed by atoms with Gasteiger partial charge in [-0.05, 0) is 50.5 Å². The van der Waals surface area contributed by atoms with E-state index in [1.165, 1.54) is 0 Å². The highest BCUT2D eigenvalue weighted by atomic mass is 19.4. The largest absolute Gasteiger partial charge is 0.391 e. The molecule has 1 atom stereocenters. The first kappa shape index (κ1) is 16.1. The van der Waals surface area contributed by atoms with Crippen LogP contribution in [0.3, 0.4) is 0 Å². The van der Waals surface area contributed by atoms with Crippen LogP contribution >= 0.6 is 0 Å². The number of likely N-dealkylation sites (tertiary alicyclic amines) is 1. The van der Waals surface area contributed by atoms with Crippen molar-refractivity contribution in [2.45, 2.75) is 57.7 Å². The van der Waals surface area contributed by atoms with E-state index in [2.05, 4.69) is 18.7 Å². The number of rotatable bonds is 3. The molecule has 0 amide bonds. The van der Waals surface area contributed by atoms with Gasteiger partial charge in [-0.3, -0.25) is 4.90 Å². The van der Waals surface area contributed by atoms with Gasteiger partial charge in [0.2, 0.25) is 0 Å². The average Bonchev–Trinajstić information content (AvgIpc) is 2.88. The van der Waals surface area contributed by atoms with E-state index in [9.17, 15) is 13.2 Å². The minimum atomic E-state index is -4.04. The third kappa shape index (κ3) is 3.14. The quantitative estimate of drug-likeness (QED) is 0.863. The second-order valence-electron chi connectivity index (χ2n) is 6.98. The van der Waals surface area contributed by atoms with Crippen LogP contribution < -0.4 is 5.73 Å². The van der Waals surface area contributed by atoms with Crippen molar-refractivity contribution in [3.8, 4) is 0 Å². The van der Waals surface area contributed by atoms with Crippen molar-refractivity contribution in [2.24, 2.45) is 23.5 Å². The molecular formula is C15H27F3N2. The Morgan fingerprint density at radius 2 is 1.80 bits per heavy atom. The van der Waals surface area contributed by atoms with Crippen LogP contribution in [0.1, 0.15) is 46.0 Å². The topological polar surface area (TPSA) is 29.3 Å². The summed E-state index contributed by atoms with van der Waals surface area (Å²) in [6.07, 6.45) is -1.21. The normalized spacial score (nSPS) is 36.8. The summed E-state index contributed by atoms with van der Waals surface area (Å²) in [6.45, 7) is 6.94. The molecule has 2 aliphatic rings. The molecule has 118 valence electrons. The second kappa shape index (κ2) is 5.84. The summed E-state index contributed by atoms with van der Waals surface area (Å²) in [6, 6.07) is 0. The van der Waals surface area contributed by atoms with Crippen LogP contribution in [0.4, 0.5) is 13.2 Å². The lowest BCUT2D eigenvalue weighted by Crippen LogP contribution is -2.55. The highest BCUT2D eigenvalue weighted by Gasteiger charge is 2.48. The Bertz CT molecular complexity index is 320. The number of hydrogen-bond donors (Lipinski definition) is 1. The fourth-order valence-electron chi connectivity index (χ4n) is 3.89. The highest BCUT2D eigenvalue weighted by Crippen LogP contribution is 2.44. The Hall–Kier alpha value is -0.290. The number of nitrogens with two attached hydrogens (primary N) is 1. The highest BCUT2D eigenvalue weighted by molar-refractivity contribution is 4.99. The van der Waals surface area contributed by atoms with Crippen LogP contribution in [-0.2, 0) is 0 Å². The van der Waals surface area contributed by atoms with Crippen LogP contribution in [0, 0.1) is 17.8 Å². The Kier molecular flexibility index (Phi) is 4.69. The zero-order valence-corrected chi connectivity index (χ0v) is 12.5. The Morgan fingerprint density at radius 1 is 1.20 bits per heavy atom. The molecule has 2 nitrogen and oxygen atoms in total. The minimum absolute atomic E-state index is 0.175. The Morgan fingerprint density at radius 3 is 2.20 bits per heavy atom. The molecule has 1 saturated carbocycles. The molecule has 2 fully saturated rings. The molecule has 1 aliphatic carbocycles. The molecular weight excluding hydrogens is 265 g/mol. The van der Waals surface area contributed by atoms with Gasteiger partial charge in [-0.2, -0.15) is 13.2 Å². The molecule has 0 bridgehead atoms. The molecule has 1 aliphatic heterocycles. The van der Waals surface area contributed by atoms with Crippen LogP contribution in [0.5, 0.6) is 0 Å². The van der Waals surface area contributed by atoms with Gasteiger partial charge in [0.25, 0.3) is 0 Å². The van der Waals surface area contributed by atoms with Crippen molar-refractivity contribution in [2.75, 3.05) is 19.6 Å². The van der Waals surface area contributed by atoms with Crippen molar-refractivity contribution in [1.29, 1.82) is 0 Å². The lowest BCUT2D eigenvalue weighted by Gasteiger charge is -2.46. The van der Waals surface area contributed by atoms with Gasteiger partial charge < -0.3 is 5.73 Å². The van der Waals surface area contributed by atoms with Gasteiger partial charge in [0, 0.05) is 18.6 Å². The Labute approximate surface area is 119 Å². The van der Waals surface area contributed by atoms with Gasteiger partial charge in [0.15, 0.2) is 0 Å². The Balaban J connectivity index is 1.99. The minimum Gasteiger partial charge on any atom is -0.329 e. The van der Waals surface area contributed by atoms with Crippen molar-refractivity contribution < 1.29 is 13.2 Å². The molecule has 0 radical (unpaired) electrons. The summed E-state index contributed by atoms with van der Waals surface area (Å²) in [5.41, 5.74) is 5.80. The molecule has 0 aromatic heterocycles. The summed E-state index contributed by atoms with van der Waals surface area (Å²) >= 11 is 0. The van der Waals surface area contributed by atoms with Crippen LogP contribution in [0.15, 0.2) is 0 Å². The summed E-state index contributed by atoms with van der Waals surface area (Å²) in [5, 5.41) is 0. The maximum atomic E-state index is 12.8. The van der Waals surface area contributed by atoms with Gasteiger partial charge in [0.05, 0.1) is 5.92 Å². The SMILES string of the molecule is CC(C)C1CCN(C2(CN)CCC(C(F)(F)F)CC2)C1. The number of alkyl halides is 3. The molecule has 0 aromatic rings. The standard InChI is InChI=1S/C15H27F3N2/c1-11(2)12-5-8-20(9-12)14(10-19)6-3-13(4-7-14)15(16,17)18/h11-13H,3-10,19H2,1-2H3. The van der Waals surface area contributed by atoms with E-state index in [0.29, 0.717) is 31.2 Å². The summed E-state index contributed by atoms with van der Waals surface area (Å²) < 4.78 is 38.4. The lowest BCUT2D eigenvalue weighted by molar-refractivity contribution is -0.188. The van der Waals surface area contributed by atoms with Gasteiger partial charge in [0.1, 0.15) is 0 Å². The molecule has 2 N–H and O–H groups in total. The molecule has 2 rings (SSSR count). The van der Waals surface area contributed by atoms with Crippen LogP contribution in [0.25, 0.3) is 0 Å². The summed E-state index contributed by atoms with van der Waals surface area (Å²) in [7, 11) is 0. The van der Waals surface area contributed by atoms with E-state index in [4.69, 9.17) is 5.73 Å². The van der Waals surface area contributed by atoms with E-state index < -0.39 is 12.1 Å². The first-order valence-electron chi connectivity index (χ1n) is 7.80. The van der Waals surface area contributed by atoms with E-state index in [-0.39, 0.29) is 18.4 Å². The van der Waals surface area contributed by atoms with Gasteiger partial charge in [-0.15, -0.1) is 0 Å².